The van der Waals surface area contributed by atoms with E-state index in [4.69, 9.17) is 8.83 Å². The number of para-hydroxylation sites is 3. The number of rotatable bonds is 5. The van der Waals surface area contributed by atoms with E-state index < -0.39 is 5.41 Å². The van der Waals surface area contributed by atoms with E-state index in [9.17, 15) is 0 Å². The van der Waals surface area contributed by atoms with Gasteiger partial charge in [-0.1, -0.05) is 188 Å². The molecule has 0 radical (unpaired) electrons. The maximum absolute atomic E-state index is 7.41. The number of nitrogens with zero attached hydrogens (tertiary/aromatic N) is 1. The summed E-state index contributed by atoms with van der Waals surface area (Å²) >= 11 is 0. The molecule has 0 N–H and O–H groups in total. The van der Waals surface area contributed by atoms with Crippen molar-refractivity contribution in [3.8, 4) is 44.5 Å². The molecule has 0 fully saturated rings. The maximum atomic E-state index is 7.41. The Hall–Kier alpha value is -8.40. The second-order valence-electron chi connectivity index (χ2n) is 17.1. The molecular formula is C61H37NO2. The molecule has 2 aliphatic carbocycles. The summed E-state index contributed by atoms with van der Waals surface area (Å²) in [7, 11) is 0. The monoisotopic (exact) mass is 815 g/mol. The Labute approximate surface area is 369 Å². The second-order valence-corrected chi connectivity index (χ2v) is 17.1. The molecule has 3 nitrogen and oxygen atoms in total. The fourth-order valence-electron chi connectivity index (χ4n) is 11.3. The first-order valence-corrected chi connectivity index (χ1v) is 22.0. The molecule has 12 aromatic rings. The first-order valence-electron chi connectivity index (χ1n) is 22.0. The summed E-state index contributed by atoms with van der Waals surface area (Å²) in [4.78, 5) is 2.43. The Balaban J connectivity index is 1.09. The number of anilines is 3. The molecule has 0 saturated carbocycles. The molecule has 0 aliphatic heterocycles. The fraction of sp³-hybridized carbons (Fsp3) is 0.0164. The van der Waals surface area contributed by atoms with Crippen LogP contribution in [-0.2, 0) is 5.41 Å². The minimum absolute atomic E-state index is 0.494. The van der Waals surface area contributed by atoms with Crippen LogP contribution < -0.4 is 4.90 Å². The zero-order valence-corrected chi connectivity index (χ0v) is 34.6. The molecule has 1 spiro atoms. The molecule has 14 rings (SSSR count). The van der Waals surface area contributed by atoms with Crippen LogP contribution in [0.15, 0.2) is 233 Å². The van der Waals surface area contributed by atoms with Gasteiger partial charge in [0.05, 0.1) is 16.8 Å². The van der Waals surface area contributed by atoms with Gasteiger partial charge in [-0.15, -0.1) is 0 Å². The van der Waals surface area contributed by atoms with Gasteiger partial charge in [-0.25, -0.2) is 0 Å². The van der Waals surface area contributed by atoms with Crippen LogP contribution in [0.25, 0.3) is 88.4 Å². The maximum Gasteiger partial charge on any atom is 0.159 e. The van der Waals surface area contributed by atoms with E-state index in [1.165, 1.54) is 44.5 Å². The molecule has 2 aliphatic rings. The SMILES string of the molecule is c1ccc(-c2ccccc2N(c2ccc3c(c2)C2(c4ccccc4-c4ccccc42)c2ccccc2-3)c2cccc3c2oc2c(-c4ccccc4)c4c(cc23)oc2ccccc24)cc1. The highest BCUT2D eigenvalue weighted by Gasteiger charge is 2.51. The third kappa shape index (κ3) is 4.70. The average Bonchev–Trinajstić information content (AvgIpc) is 4.09. The van der Waals surface area contributed by atoms with E-state index in [0.717, 1.165) is 83.2 Å². The lowest BCUT2D eigenvalue weighted by atomic mass is 9.70. The zero-order valence-electron chi connectivity index (χ0n) is 34.6. The molecule has 2 heterocycles. The van der Waals surface area contributed by atoms with Crippen LogP contribution in [0.2, 0.25) is 0 Å². The predicted molar refractivity (Wildman–Crippen MR) is 263 cm³/mol. The van der Waals surface area contributed by atoms with Crippen molar-refractivity contribution < 1.29 is 8.83 Å². The van der Waals surface area contributed by atoms with Gasteiger partial charge in [-0.3, -0.25) is 0 Å². The van der Waals surface area contributed by atoms with Gasteiger partial charge < -0.3 is 13.7 Å². The van der Waals surface area contributed by atoms with E-state index in [0.29, 0.717) is 0 Å². The van der Waals surface area contributed by atoms with Crippen LogP contribution in [0.5, 0.6) is 0 Å². The normalized spacial score (nSPS) is 13.1. The first-order chi connectivity index (χ1) is 31.8. The third-order valence-electron chi connectivity index (χ3n) is 13.9. The van der Waals surface area contributed by atoms with Gasteiger partial charge in [0, 0.05) is 38.4 Å². The van der Waals surface area contributed by atoms with Gasteiger partial charge in [0.25, 0.3) is 0 Å². The van der Waals surface area contributed by atoms with Crippen molar-refractivity contribution in [3.63, 3.8) is 0 Å². The van der Waals surface area contributed by atoms with Crippen molar-refractivity contribution >= 4 is 60.9 Å². The molecule has 0 unspecified atom stereocenters. The smallest absolute Gasteiger partial charge is 0.159 e. The lowest BCUT2D eigenvalue weighted by molar-refractivity contribution is 0.665. The van der Waals surface area contributed by atoms with Crippen molar-refractivity contribution in [2.45, 2.75) is 5.41 Å². The highest BCUT2D eigenvalue weighted by molar-refractivity contribution is 6.24. The topological polar surface area (TPSA) is 29.5 Å². The van der Waals surface area contributed by atoms with Crippen molar-refractivity contribution in [3.05, 3.63) is 247 Å². The molecule has 3 heteroatoms. The minimum Gasteiger partial charge on any atom is -0.456 e. The molecule has 2 aromatic heterocycles. The molecule has 0 bridgehead atoms. The standard InChI is InChI=1S/C61H37NO2/c1-3-18-38(19-4-1)41-22-10-15-31-53(41)62(40-34-35-45-44-25-9-14-30-51(44)61(52(45)36-40)49-28-12-7-23-42(49)43-24-8-13-29-50(43)61)54-32-17-27-46-48-37-56-58(47-26-11-16-33-55(47)63-56)57(60(48)64-59(46)54)39-20-5-2-6-21-39/h1-37H. The number of hydrogen-bond donors (Lipinski definition) is 0. The van der Waals surface area contributed by atoms with Gasteiger partial charge in [0.2, 0.25) is 0 Å². The summed E-state index contributed by atoms with van der Waals surface area (Å²) in [6, 6.07) is 81.3. The quantitative estimate of drug-likeness (QED) is 0.173. The summed E-state index contributed by atoms with van der Waals surface area (Å²) in [5, 5.41) is 4.17. The van der Waals surface area contributed by atoms with Crippen LogP contribution in [0.4, 0.5) is 17.1 Å². The van der Waals surface area contributed by atoms with Gasteiger partial charge in [-0.05, 0) is 92.0 Å². The van der Waals surface area contributed by atoms with Crippen LogP contribution in [-0.4, -0.2) is 0 Å². The van der Waals surface area contributed by atoms with Gasteiger partial charge in [0.15, 0.2) is 5.58 Å². The van der Waals surface area contributed by atoms with Crippen molar-refractivity contribution in [2.75, 3.05) is 4.90 Å². The van der Waals surface area contributed by atoms with E-state index >= 15 is 0 Å². The molecule has 64 heavy (non-hydrogen) atoms. The van der Waals surface area contributed by atoms with Crippen LogP contribution in [0.3, 0.4) is 0 Å². The molecular weight excluding hydrogens is 779 g/mol. The van der Waals surface area contributed by atoms with Gasteiger partial charge in [-0.2, -0.15) is 0 Å². The largest absolute Gasteiger partial charge is 0.456 e. The Bertz CT molecular complexity index is 3790. The Morgan fingerprint density at radius 3 is 1.58 bits per heavy atom. The Morgan fingerprint density at radius 1 is 0.328 bits per heavy atom. The van der Waals surface area contributed by atoms with E-state index in [-0.39, 0.29) is 0 Å². The predicted octanol–water partition coefficient (Wildman–Crippen LogP) is 16.6. The highest BCUT2D eigenvalue weighted by Crippen LogP contribution is 2.63. The van der Waals surface area contributed by atoms with E-state index in [2.05, 4.69) is 217 Å². The first kappa shape index (κ1) is 35.2. The summed E-state index contributed by atoms with van der Waals surface area (Å²) in [6.07, 6.45) is 0. The summed E-state index contributed by atoms with van der Waals surface area (Å²) in [5.74, 6) is 0. The minimum atomic E-state index is -0.494. The second kappa shape index (κ2) is 13.3. The van der Waals surface area contributed by atoms with Gasteiger partial charge >= 0.3 is 0 Å². The lowest BCUT2D eigenvalue weighted by Crippen LogP contribution is -2.26. The fourth-order valence-corrected chi connectivity index (χ4v) is 11.3. The van der Waals surface area contributed by atoms with Crippen molar-refractivity contribution in [1.29, 1.82) is 0 Å². The van der Waals surface area contributed by atoms with Gasteiger partial charge in [0.1, 0.15) is 16.7 Å². The Morgan fingerprint density at radius 2 is 0.875 bits per heavy atom. The molecule has 0 saturated heterocycles. The third-order valence-corrected chi connectivity index (χ3v) is 13.9. The summed E-state index contributed by atoms with van der Waals surface area (Å²) in [5.41, 5.74) is 20.6. The van der Waals surface area contributed by atoms with Crippen molar-refractivity contribution in [1.82, 2.24) is 0 Å². The van der Waals surface area contributed by atoms with Crippen LogP contribution >= 0.6 is 0 Å². The number of hydrogen-bond acceptors (Lipinski definition) is 3. The zero-order chi connectivity index (χ0) is 41.9. The van der Waals surface area contributed by atoms with Crippen LogP contribution in [0.1, 0.15) is 22.3 Å². The number of furan rings is 2. The van der Waals surface area contributed by atoms with Crippen molar-refractivity contribution in [2.24, 2.45) is 0 Å². The Kier molecular flexibility index (Phi) is 7.32. The number of benzene rings is 10. The van der Waals surface area contributed by atoms with E-state index in [1.807, 2.05) is 12.1 Å². The summed E-state index contributed by atoms with van der Waals surface area (Å²) in [6.45, 7) is 0. The molecule has 0 atom stereocenters. The average molecular weight is 816 g/mol. The highest BCUT2D eigenvalue weighted by atomic mass is 16.3. The number of fused-ring (bicyclic) bond motifs is 16. The van der Waals surface area contributed by atoms with Crippen LogP contribution in [0, 0.1) is 0 Å². The lowest BCUT2D eigenvalue weighted by Gasteiger charge is -2.32. The summed E-state index contributed by atoms with van der Waals surface area (Å²) < 4.78 is 14.0. The molecule has 10 aromatic carbocycles. The molecule has 0 amide bonds. The molecule has 298 valence electrons. The van der Waals surface area contributed by atoms with E-state index in [1.54, 1.807) is 0 Å².